The molecule has 1 aromatic heterocycles. The number of benzene rings is 1. The highest BCUT2D eigenvalue weighted by atomic mass is 32.1. The smallest absolute Gasteiger partial charge is 0.310 e. The standard InChI is InChI=1S/C22H24N2O5S/c1-27-15-9-8-14(18(11-15)28-2)10-21(26)29-13-20(25)24-22-17(12-23)16-6-4-3-5-7-19(16)30-22/h8-9,11H,3-7,10,13H2,1-2H3,(H,24,25). The Morgan fingerprint density at radius 1 is 1.17 bits per heavy atom. The number of hydrogen-bond acceptors (Lipinski definition) is 7. The van der Waals surface area contributed by atoms with Gasteiger partial charge in [-0.1, -0.05) is 12.5 Å². The molecule has 3 rings (SSSR count). The lowest BCUT2D eigenvalue weighted by Crippen LogP contribution is -2.21. The Labute approximate surface area is 179 Å². The van der Waals surface area contributed by atoms with E-state index in [4.69, 9.17) is 14.2 Å². The summed E-state index contributed by atoms with van der Waals surface area (Å²) in [5.74, 6) is 0.120. The Bertz CT molecular complexity index is 977. The number of carbonyl (C=O) groups is 2. The summed E-state index contributed by atoms with van der Waals surface area (Å²) in [5.41, 5.74) is 2.23. The number of nitrogens with zero attached hydrogens (tertiary/aromatic N) is 1. The van der Waals surface area contributed by atoms with E-state index in [1.54, 1.807) is 25.3 Å². The van der Waals surface area contributed by atoms with Crippen LogP contribution in [0.25, 0.3) is 0 Å². The van der Waals surface area contributed by atoms with Gasteiger partial charge in [-0.2, -0.15) is 5.26 Å². The number of amides is 1. The molecule has 0 unspecified atom stereocenters. The summed E-state index contributed by atoms with van der Waals surface area (Å²) in [4.78, 5) is 25.6. The van der Waals surface area contributed by atoms with E-state index in [1.807, 2.05) is 0 Å². The molecule has 8 heteroatoms. The molecule has 2 aromatic rings. The van der Waals surface area contributed by atoms with Crippen LogP contribution in [-0.4, -0.2) is 32.7 Å². The van der Waals surface area contributed by atoms with Crippen molar-refractivity contribution in [2.24, 2.45) is 0 Å². The molecule has 0 radical (unpaired) electrons. The monoisotopic (exact) mass is 428 g/mol. The zero-order valence-corrected chi connectivity index (χ0v) is 17.9. The van der Waals surface area contributed by atoms with E-state index >= 15 is 0 Å². The van der Waals surface area contributed by atoms with Crippen molar-refractivity contribution < 1.29 is 23.8 Å². The quantitative estimate of drug-likeness (QED) is 0.534. The number of aryl methyl sites for hydroxylation is 1. The van der Waals surface area contributed by atoms with Gasteiger partial charge in [-0.25, -0.2) is 0 Å². The van der Waals surface area contributed by atoms with E-state index in [0.29, 0.717) is 27.6 Å². The first-order chi connectivity index (χ1) is 14.5. The Balaban J connectivity index is 1.58. The minimum absolute atomic E-state index is 0.0306. The van der Waals surface area contributed by atoms with Gasteiger partial charge in [0.25, 0.3) is 5.91 Å². The predicted octanol–water partition coefficient (Wildman–Crippen LogP) is 3.63. The van der Waals surface area contributed by atoms with Gasteiger partial charge in [0.15, 0.2) is 6.61 Å². The fourth-order valence-corrected chi connectivity index (χ4v) is 4.72. The molecule has 0 saturated heterocycles. The van der Waals surface area contributed by atoms with Crippen LogP contribution in [0.5, 0.6) is 11.5 Å². The summed E-state index contributed by atoms with van der Waals surface area (Å²) < 4.78 is 15.5. The molecule has 158 valence electrons. The third-order valence-corrected chi connectivity index (χ3v) is 6.19. The maximum Gasteiger partial charge on any atom is 0.310 e. The Kier molecular flexibility index (Phi) is 7.31. The molecule has 0 bridgehead atoms. The van der Waals surface area contributed by atoms with Crippen LogP contribution in [0.4, 0.5) is 5.00 Å². The molecule has 0 fully saturated rings. The number of rotatable bonds is 7. The van der Waals surface area contributed by atoms with Crippen molar-refractivity contribution in [2.75, 3.05) is 26.1 Å². The normalized spacial score (nSPS) is 12.8. The van der Waals surface area contributed by atoms with Gasteiger partial charge in [-0.3, -0.25) is 9.59 Å². The molecule has 1 aliphatic rings. The van der Waals surface area contributed by atoms with Gasteiger partial charge in [0, 0.05) is 16.5 Å². The molecular formula is C22H24N2O5S. The molecular weight excluding hydrogens is 404 g/mol. The van der Waals surface area contributed by atoms with E-state index in [2.05, 4.69) is 11.4 Å². The Morgan fingerprint density at radius 2 is 1.97 bits per heavy atom. The number of esters is 1. The number of fused-ring (bicyclic) bond motifs is 1. The van der Waals surface area contributed by atoms with Crippen LogP contribution in [0.1, 0.15) is 40.8 Å². The van der Waals surface area contributed by atoms with Crippen molar-refractivity contribution in [2.45, 2.75) is 38.5 Å². The second kappa shape index (κ2) is 10.1. The number of thiophene rings is 1. The van der Waals surface area contributed by atoms with Crippen molar-refractivity contribution in [3.8, 4) is 17.6 Å². The Morgan fingerprint density at radius 3 is 2.70 bits per heavy atom. The number of ether oxygens (including phenoxy) is 3. The van der Waals surface area contributed by atoms with Crippen molar-refractivity contribution in [3.05, 3.63) is 39.8 Å². The summed E-state index contributed by atoms with van der Waals surface area (Å²) in [6, 6.07) is 7.34. The molecule has 1 aliphatic carbocycles. The van der Waals surface area contributed by atoms with Gasteiger partial charge < -0.3 is 19.5 Å². The second-order valence-corrected chi connectivity index (χ2v) is 8.05. The second-order valence-electron chi connectivity index (χ2n) is 6.94. The first kappa shape index (κ1) is 21.7. The van der Waals surface area contributed by atoms with E-state index in [0.717, 1.165) is 37.7 Å². The van der Waals surface area contributed by atoms with Gasteiger partial charge in [0.2, 0.25) is 0 Å². The molecule has 1 amide bonds. The van der Waals surface area contributed by atoms with E-state index in [1.165, 1.54) is 23.3 Å². The molecule has 0 aliphatic heterocycles. The minimum atomic E-state index is -0.545. The highest BCUT2D eigenvalue weighted by molar-refractivity contribution is 7.16. The summed E-state index contributed by atoms with van der Waals surface area (Å²) in [6.07, 6.45) is 5.07. The number of nitriles is 1. The fourth-order valence-electron chi connectivity index (χ4n) is 3.46. The maximum absolute atomic E-state index is 12.3. The molecule has 1 aromatic carbocycles. The number of hydrogen-bond donors (Lipinski definition) is 1. The number of methoxy groups -OCH3 is 2. The third kappa shape index (κ3) is 5.10. The zero-order chi connectivity index (χ0) is 21.5. The van der Waals surface area contributed by atoms with Crippen molar-refractivity contribution >= 4 is 28.2 Å². The largest absolute Gasteiger partial charge is 0.497 e. The lowest BCUT2D eigenvalue weighted by molar-refractivity contribution is -0.146. The average molecular weight is 429 g/mol. The van der Waals surface area contributed by atoms with Crippen LogP contribution in [0.2, 0.25) is 0 Å². The van der Waals surface area contributed by atoms with Crippen molar-refractivity contribution in [1.29, 1.82) is 5.26 Å². The predicted molar refractivity (Wildman–Crippen MR) is 113 cm³/mol. The Hall–Kier alpha value is -3.05. The molecule has 7 nitrogen and oxygen atoms in total. The van der Waals surface area contributed by atoms with E-state index < -0.39 is 18.5 Å². The lowest BCUT2D eigenvalue weighted by Gasteiger charge is -2.10. The molecule has 1 heterocycles. The van der Waals surface area contributed by atoms with Crippen LogP contribution < -0.4 is 14.8 Å². The molecule has 0 saturated carbocycles. The van der Waals surface area contributed by atoms with Gasteiger partial charge in [0.1, 0.15) is 22.6 Å². The highest BCUT2D eigenvalue weighted by Gasteiger charge is 2.21. The van der Waals surface area contributed by atoms with Gasteiger partial charge in [-0.15, -0.1) is 11.3 Å². The SMILES string of the molecule is COc1ccc(CC(=O)OCC(=O)Nc2sc3c(c2C#N)CCCCC3)c(OC)c1. The van der Waals surface area contributed by atoms with Crippen molar-refractivity contribution in [1.82, 2.24) is 0 Å². The van der Waals surface area contributed by atoms with Gasteiger partial charge in [0.05, 0.1) is 26.2 Å². The van der Waals surface area contributed by atoms with Crippen LogP contribution in [-0.2, 0) is 33.6 Å². The molecule has 30 heavy (non-hydrogen) atoms. The van der Waals surface area contributed by atoms with Crippen LogP contribution in [0, 0.1) is 11.3 Å². The van der Waals surface area contributed by atoms with Crippen LogP contribution in [0.15, 0.2) is 18.2 Å². The summed E-state index contributed by atoms with van der Waals surface area (Å²) >= 11 is 1.45. The van der Waals surface area contributed by atoms with Crippen LogP contribution in [0.3, 0.4) is 0 Å². The summed E-state index contributed by atoms with van der Waals surface area (Å²) in [7, 11) is 3.05. The topological polar surface area (TPSA) is 97.6 Å². The summed E-state index contributed by atoms with van der Waals surface area (Å²) in [6.45, 7) is -0.412. The lowest BCUT2D eigenvalue weighted by atomic mass is 10.1. The van der Waals surface area contributed by atoms with E-state index in [9.17, 15) is 14.9 Å². The number of carbonyl (C=O) groups excluding carboxylic acids is 2. The molecule has 0 atom stereocenters. The first-order valence-corrected chi connectivity index (χ1v) is 10.6. The molecule has 1 N–H and O–H groups in total. The average Bonchev–Trinajstić information content (AvgIpc) is 2.91. The maximum atomic E-state index is 12.3. The number of anilines is 1. The van der Waals surface area contributed by atoms with Gasteiger partial charge >= 0.3 is 5.97 Å². The fraction of sp³-hybridized carbons (Fsp3) is 0.409. The van der Waals surface area contributed by atoms with E-state index in [-0.39, 0.29) is 6.42 Å². The number of nitrogens with one attached hydrogen (secondary N) is 1. The van der Waals surface area contributed by atoms with Gasteiger partial charge in [-0.05, 0) is 37.3 Å². The highest BCUT2D eigenvalue weighted by Crippen LogP contribution is 2.36. The third-order valence-electron chi connectivity index (χ3n) is 4.98. The first-order valence-electron chi connectivity index (χ1n) is 9.76. The molecule has 0 spiro atoms. The van der Waals surface area contributed by atoms with Crippen molar-refractivity contribution in [3.63, 3.8) is 0 Å². The van der Waals surface area contributed by atoms with Crippen LogP contribution >= 0.6 is 11.3 Å². The zero-order valence-electron chi connectivity index (χ0n) is 17.1. The minimum Gasteiger partial charge on any atom is -0.497 e. The summed E-state index contributed by atoms with van der Waals surface area (Å²) in [5, 5.41) is 12.8.